The largest absolute Gasteiger partial charge is 0.477 e. The Balaban J connectivity index is 1.89. The quantitative estimate of drug-likeness (QED) is 0.371. The third-order valence-electron chi connectivity index (χ3n) is 3.77. The van der Waals surface area contributed by atoms with E-state index in [0.717, 1.165) is 0 Å². The van der Waals surface area contributed by atoms with Gasteiger partial charge in [0.15, 0.2) is 0 Å². The first-order valence-corrected chi connectivity index (χ1v) is 8.26. The fourth-order valence-corrected chi connectivity index (χ4v) is 3.85. The first kappa shape index (κ1) is 18.0. The number of fused-ring (bicyclic) bond motifs is 1. The molecular formula is C14H17N3O6S. The second-order valence-electron chi connectivity index (χ2n) is 5.53. The van der Waals surface area contributed by atoms with Crippen LogP contribution >= 0.6 is 11.8 Å². The maximum atomic E-state index is 12.2. The molecule has 2 rings (SSSR count). The highest BCUT2D eigenvalue weighted by molar-refractivity contribution is 8.00. The number of thioether (sulfide) groups is 1. The number of hydrogen-bond acceptors (Lipinski definition) is 6. The van der Waals surface area contributed by atoms with Gasteiger partial charge in [-0.25, -0.2) is 9.59 Å². The minimum absolute atomic E-state index is 0.00250. The Bertz CT molecular complexity index is 659. The molecule has 2 unspecified atom stereocenters. The summed E-state index contributed by atoms with van der Waals surface area (Å²) in [6.45, 7) is 1.66. The van der Waals surface area contributed by atoms with Crippen molar-refractivity contribution in [3.63, 3.8) is 0 Å². The summed E-state index contributed by atoms with van der Waals surface area (Å²) in [6.07, 6.45) is 0.160. The van der Waals surface area contributed by atoms with E-state index in [2.05, 4.69) is 5.32 Å². The highest BCUT2D eigenvalue weighted by atomic mass is 32.2. The van der Waals surface area contributed by atoms with Crippen LogP contribution in [-0.2, 0) is 19.2 Å². The van der Waals surface area contributed by atoms with Gasteiger partial charge in [0.25, 0.3) is 5.91 Å². The van der Waals surface area contributed by atoms with Crippen LogP contribution in [0.15, 0.2) is 11.3 Å². The van der Waals surface area contributed by atoms with E-state index in [1.165, 1.54) is 16.7 Å². The summed E-state index contributed by atoms with van der Waals surface area (Å²) >= 11 is 1.39. The highest BCUT2D eigenvalue weighted by Gasteiger charge is 2.53. The summed E-state index contributed by atoms with van der Waals surface area (Å²) in [7, 11) is 0. The van der Waals surface area contributed by atoms with Crippen LogP contribution in [0, 0.1) is 5.41 Å². The number of β-lactam (4-membered cyclic amide) rings is 1. The van der Waals surface area contributed by atoms with Gasteiger partial charge >= 0.3 is 11.9 Å². The van der Waals surface area contributed by atoms with Crippen LogP contribution in [-0.4, -0.2) is 61.7 Å². The molecule has 0 aromatic heterocycles. The van der Waals surface area contributed by atoms with E-state index in [-0.39, 0.29) is 25.0 Å². The van der Waals surface area contributed by atoms with Crippen LogP contribution in [0.5, 0.6) is 0 Å². The minimum atomic E-state index is -1.32. The average molecular weight is 355 g/mol. The molecule has 2 atom stereocenters. The Morgan fingerprint density at radius 2 is 2.00 bits per heavy atom. The zero-order chi connectivity index (χ0) is 18.0. The van der Waals surface area contributed by atoms with Gasteiger partial charge in [-0.15, -0.1) is 11.8 Å². The molecule has 2 aliphatic rings. The van der Waals surface area contributed by atoms with Gasteiger partial charge in [-0.1, -0.05) is 0 Å². The van der Waals surface area contributed by atoms with E-state index >= 15 is 0 Å². The predicted molar refractivity (Wildman–Crippen MR) is 84.6 cm³/mol. The maximum absolute atomic E-state index is 12.2. The molecular weight excluding hydrogens is 338 g/mol. The lowest BCUT2D eigenvalue weighted by molar-refractivity contribution is -0.150. The second kappa shape index (κ2) is 7.04. The van der Waals surface area contributed by atoms with E-state index in [1.807, 2.05) is 0 Å². The number of nitrogens with one attached hydrogen (secondary N) is 2. The molecule has 2 amide bonds. The molecule has 4 N–H and O–H groups in total. The fourth-order valence-electron chi connectivity index (χ4n) is 2.55. The molecule has 10 heteroatoms. The van der Waals surface area contributed by atoms with E-state index in [4.69, 9.17) is 10.5 Å². The third kappa shape index (κ3) is 3.42. The van der Waals surface area contributed by atoms with Crippen molar-refractivity contribution in [1.82, 2.24) is 10.2 Å². The summed E-state index contributed by atoms with van der Waals surface area (Å²) < 4.78 is 0. The topological polar surface area (TPSA) is 148 Å². The highest BCUT2D eigenvalue weighted by Crippen LogP contribution is 2.40. The van der Waals surface area contributed by atoms with Gasteiger partial charge in [-0.05, 0) is 25.3 Å². The summed E-state index contributed by atoms with van der Waals surface area (Å²) in [6, 6.07) is -0.774. The lowest BCUT2D eigenvalue weighted by atomic mass is 10.0. The number of aliphatic carboxylic acids is 2. The Morgan fingerprint density at radius 3 is 2.58 bits per heavy atom. The lowest BCUT2D eigenvalue weighted by Gasteiger charge is -2.49. The lowest BCUT2D eigenvalue weighted by Crippen LogP contribution is -2.70. The fraction of sp³-hybridized carbons (Fsp3) is 0.500. The van der Waals surface area contributed by atoms with Crippen LogP contribution in [0.4, 0.5) is 0 Å². The van der Waals surface area contributed by atoms with Gasteiger partial charge in [0.05, 0.1) is 0 Å². The molecule has 0 spiro atoms. The predicted octanol–water partition coefficient (Wildman–Crippen LogP) is 0.0196. The molecule has 24 heavy (non-hydrogen) atoms. The van der Waals surface area contributed by atoms with Gasteiger partial charge in [0.1, 0.15) is 22.8 Å². The van der Waals surface area contributed by atoms with Crippen molar-refractivity contribution in [1.29, 1.82) is 5.41 Å². The van der Waals surface area contributed by atoms with E-state index in [9.17, 15) is 24.3 Å². The van der Waals surface area contributed by atoms with Crippen LogP contribution in [0.25, 0.3) is 0 Å². The molecule has 1 saturated heterocycles. The van der Waals surface area contributed by atoms with Crippen molar-refractivity contribution in [2.45, 2.75) is 37.6 Å². The zero-order valence-electron chi connectivity index (χ0n) is 12.9. The normalized spacial score (nSPS) is 22.5. The molecule has 0 aromatic rings. The molecule has 1 fully saturated rings. The molecule has 0 bridgehead atoms. The number of amides is 2. The van der Waals surface area contributed by atoms with Crippen molar-refractivity contribution in [3.8, 4) is 0 Å². The maximum Gasteiger partial charge on any atom is 0.352 e. The number of carboxylic acids is 2. The van der Waals surface area contributed by atoms with Gasteiger partial charge in [-0.2, -0.15) is 0 Å². The number of hydrogen-bond donors (Lipinski definition) is 4. The van der Waals surface area contributed by atoms with Crippen molar-refractivity contribution >= 4 is 41.2 Å². The summed E-state index contributed by atoms with van der Waals surface area (Å²) in [4.78, 5) is 47.0. The monoisotopic (exact) mass is 355 g/mol. The Kier molecular flexibility index (Phi) is 5.27. The molecule has 130 valence electrons. The molecule has 9 nitrogen and oxygen atoms in total. The number of rotatable bonds is 7. The van der Waals surface area contributed by atoms with Crippen LogP contribution in [0.3, 0.4) is 0 Å². The van der Waals surface area contributed by atoms with Gasteiger partial charge in [0.2, 0.25) is 5.91 Å². The zero-order valence-corrected chi connectivity index (χ0v) is 13.7. The second-order valence-corrected chi connectivity index (χ2v) is 6.63. The Morgan fingerprint density at radius 1 is 1.33 bits per heavy atom. The minimum Gasteiger partial charge on any atom is -0.477 e. The number of carbonyl (C=O) groups excluding carboxylic acids is 2. The standard InChI is InChI=1S/C14H17N3O6S/c1-6-5-24-12-9(11(19)17(12)10(6)14(22)23)16-8(18)4-2-3-7(15)13(20)21/h9,12,15H,2-5H2,1H3,(H,16,18)(H,20,21)(H,22,23). The van der Waals surface area contributed by atoms with Gasteiger partial charge in [-0.3, -0.25) is 19.9 Å². The summed E-state index contributed by atoms with van der Waals surface area (Å²) in [5.41, 5.74) is 0.112. The first-order chi connectivity index (χ1) is 11.2. The van der Waals surface area contributed by atoms with Gasteiger partial charge < -0.3 is 15.5 Å². The number of carbonyl (C=O) groups is 4. The Hall–Kier alpha value is -2.36. The number of nitrogens with zero attached hydrogens (tertiary/aromatic N) is 1. The van der Waals surface area contributed by atoms with Crippen molar-refractivity contribution in [3.05, 3.63) is 11.3 Å². The van der Waals surface area contributed by atoms with Crippen molar-refractivity contribution in [2.24, 2.45) is 0 Å². The smallest absolute Gasteiger partial charge is 0.352 e. The van der Waals surface area contributed by atoms with Gasteiger partial charge in [0, 0.05) is 12.2 Å². The molecule has 0 aliphatic carbocycles. The van der Waals surface area contributed by atoms with E-state index in [1.54, 1.807) is 6.92 Å². The summed E-state index contributed by atoms with van der Waals surface area (Å²) in [5, 5.41) is 27.1. The van der Waals surface area contributed by atoms with Crippen molar-refractivity contribution < 1.29 is 29.4 Å². The SMILES string of the molecule is CC1=C(C(=O)O)N2C(=O)C(NC(=O)CCCC(=N)C(=O)O)C2SC1. The molecule has 2 aliphatic heterocycles. The Labute approximate surface area is 141 Å². The summed E-state index contributed by atoms with van der Waals surface area (Å²) in [5.74, 6) is -2.89. The van der Waals surface area contributed by atoms with E-state index in [0.29, 0.717) is 11.3 Å². The first-order valence-electron chi connectivity index (χ1n) is 7.21. The van der Waals surface area contributed by atoms with E-state index < -0.39 is 40.9 Å². The van der Waals surface area contributed by atoms with Crippen LogP contribution in [0.1, 0.15) is 26.2 Å². The van der Waals surface area contributed by atoms with Crippen LogP contribution in [0.2, 0.25) is 0 Å². The van der Waals surface area contributed by atoms with Crippen molar-refractivity contribution in [2.75, 3.05) is 5.75 Å². The molecule has 2 heterocycles. The average Bonchev–Trinajstić information content (AvgIpc) is 2.51. The van der Waals surface area contributed by atoms with Crippen LogP contribution < -0.4 is 5.32 Å². The number of carboxylic acid groups (broad SMARTS) is 2. The molecule has 0 saturated carbocycles. The molecule has 0 radical (unpaired) electrons. The molecule has 0 aromatic carbocycles. The third-order valence-corrected chi connectivity index (χ3v) is 5.19.